The molecule has 1 aliphatic rings. The Hall–Kier alpha value is -1.55. The van der Waals surface area contributed by atoms with Crippen LogP contribution in [0.15, 0.2) is 29.3 Å². The highest BCUT2D eigenvalue weighted by Crippen LogP contribution is 2.36. The van der Waals surface area contributed by atoms with Crippen LogP contribution >= 0.6 is 0 Å². The molecule has 4 nitrogen and oxygen atoms in total. The van der Waals surface area contributed by atoms with Crippen molar-refractivity contribution in [1.29, 1.82) is 0 Å². The SMILES string of the molecule is CN=C(NC)NCC1(c2ccccc2C)CCOCC1. The Morgan fingerprint density at radius 2 is 2.00 bits per heavy atom. The van der Waals surface area contributed by atoms with Crippen LogP contribution in [0, 0.1) is 6.92 Å². The number of aryl methyl sites for hydroxylation is 1. The zero-order chi connectivity index (χ0) is 14.4. The molecule has 0 saturated carbocycles. The fourth-order valence-electron chi connectivity index (χ4n) is 3.00. The van der Waals surface area contributed by atoms with Crippen molar-refractivity contribution in [3.8, 4) is 0 Å². The van der Waals surface area contributed by atoms with Crippen LogP contribution in [0.5, 0.6) is 0 Å². The van der Waals surface area contributed by atoms with E-state index in [1.807, 2.05) is 7.05 Å². The van der Waals surface area contributed by atoms with E-state index in [9.17, 15) is 0 Å². The van der Waals surface area contributed by atoms with Crippen molar-refractivity contribution < 1.29 is 4.74 Å². The molecule has 1 aliphatic heterocycles. The van der Waals surface area contributed by atoms with Gasteiger partial charge in [-0.2, -0.15) is 0 Å². The molecule has 1 fully saturated rings. The van der Waals surface area contributed by atoms with E-state index in [1.165, 1.54) is 11.1 Å². The molecule has 1 aromatic carbocycles. The van der Waals surface area contributed by atoms with Gasteiger partial charge < -0.3 is 15.4 Å². The molecular weight excluding hydrogens is 250 g/mol. The van der Waals surface area contributed by atoms with Gasteiger partial charge in [-0.05, 0) is 30.9 Å². The molecule has 110 valence electrons. The largest absolute Gasteiger partial charge is 0.381 e. The van der Waals surface area contributed by atoms with Crippen LogP contribution in [-0.4, -0.2) is 39.8 Å². The lowest BCUT2D eigenvalue weighted by Gasteiger charge is -2.39. The van der Waals surface area contributed by atoms with Gasteiger partial charge >= 0.3 is 0 Å². The molecular formula is C16H25N3O. The van der Waals surface area contributed by atoms with E-state index < -0.39 is 0 Å². The van der Waals surface area contributed by atoms with E-state index in [4.69, 9.17) is 4.74 Å². The predicted octanol–water partition coefficient (Wildman–Crippen LogP) is 1.84. The minimum atomic E-state index is 0.135. The van der Waals surface area contributed by atoms with Crippen LogP contribution < -0.4 is 10.6 Å². The van der Waals surface area contributed by atoms with Gasteiger partial charge in [0, 0.05) is 39.3 Å². The smallest absolute Gasteiger partial charge is 0.190 e. The van der Waals surface area contributed by atoms with E-state index in [1.54, 1.807) is 7.05 Å². The molecule has 0 amide bonds. The van der Waals surface area contributed by atoms with Crippen LogP contribution in [0.3, 0.4) is 0 Å². The van der Waals surface area contributed by atoms with Gasteiger partial charge in [0.25, 0.3) is 0 Å². The van der Waals surface area contributed by atoms with Crippen molar-refractivity contribution >= 4 is 5.96 Å². The molecule has 2 N–H and O–H groups in total. The first kappa shape index (κ1) is 14.9. The van der Waals surface area contributed by atoms with Gasteiger partial charge in [0.15, 0.2) is 5.96 Å². The molecule has 0 unspecified atom stereocenters. The topological polar surface area (TPSA) is 45.7 Å². The third-order valence-corrected chi connectivity index (χ3v) is 4.22. The van der Waals surface area contributed by atoms with Gasteiger partial charge in [-0.1, -0.05) is 24.3 Å². The summed E-state index contributed by atoms with van der Waals surface area (Å²) < 4.78 is 5.57. The van der Waals surface area contributed by atoms with Crippen molar-refractivity contribution in [1.82, 2.24) is 10.6 Å². The van der Waals surface area contributed by atoms with E-state index in [0.717, 1.165) is 38.6 Å². The number of hydrogen-bond acceptors (Lipinski definition) is 2. The summed E-state index contributed by atoms with van der Waals surface area (Å²) in [7, 11) is 3.68. The third-order valence-electron chi connectivity index (χ3n) is 4.22. The van der Waals surface area contributed by atoms with Gasteiger partial charge in [0.1, 0.15) is 0 Å². The standard InChI is InChI=1S/C16H25N3O/c1-13-6-4-5-7-14(13)16(8-10-20-11-9-16)12-19-15(17-2)18-3/h4-7H,8-12H2,1-3H3,(H2,17,18,19). The fraction of sp³-hybridized carbons (Fsp3) is 0.562. The monoisotopic (exact) mass is 275 g/mol. The Morgan fingerprint density at radius 1 is 1.30 bits per heavy atom. The molecule has 2 rings (SSSR count). The Bertz CT molecular complexity index is 465. The summed E-state index contributed by atoms with van der Waals surface area (Å²) >= 11 is 0. The minimum Gasteiger partial charge on any atom is -0.381 e. The highest BCUT2D eigenvalue weighted by atomic mass is 16.5. The number of hydrogen-bond donors (Lipinski definition) is 2. The number of ether oxygens (including phenoxy) is 1. The minimum absolute atomic E-state index is 0.135. The molecule has 0 radical (unpaired) electrons. The number of guanidine groups is 1. The lowest BCUT2D eigenvalue weighted by molar-refractivity contribution is 0.0512. The van der Waals surface area contributed by atoms with Crippen LogP contribution in [0.4, 0.5) is 0 Å². The Labute approximate surface area is 121 Å². The molecule has 0 aliphatic carbocycles. The maximum absolute atomic E-state index is 5.57. The number of benzene rings is 1. The molecule has 1 saturated heterocycles. The first-order valence-corrected chi connectivity index (χ1v) is 7.24. The molecule has 4 heteroatoms. The first-order chi connectivity index (χ1) is 9.72. The number of nitrogens with one attached hydrogen (secondary N) is 2. The summed E-state index contributed by atoms with van der Waals surface area (Å²) in [6.45, 7) is 4.73. The van der Waals surface area contributed by atoms with Crippen LogP contribution in [0.2, 0.25) is 0 Å². The van der Waals surface area contributed by atoms with Crippen LogP contribution in [0.25, 0.3) is 0 Å². The quantitative estimate of drug-likeness (QED) is 0.653. The normalized spacial score (nSPS) is 18.6. The van der Waals surface area contributed by atoms with Crippen molar-refractivity contribution in [3.63, 3.8) is 0 Å². The average molecular weight is 275 g/mol. The van der Waals surface area contributed by atoms with Crippen LogP contribution in [0.1, 0.15) is 24.0 Å². The lowest BCUT2D eigenvalue weighted by atomic mass is 9.72. The molecule has 0 aromatic heterocycles. The van der Waals surface area contributed by atoms with Crippen molar-refractivity contribution in [2.75, 3.05) is 33.9 Å². The highest BCUT2D eigenvalue weighted by Gasteiger charge is 2.35. The maximum atomic E-state index is 5.57. The number of aliphatic imine (C=N–C) groups is 1. The Morgan fingerprint density at radius 3 is 2.60 bits per heavy atom. The number of rotatable bonds is 3. The fourth-order valence-corrected chi connectivity index (χ4v) is 3.00. The van der Waals surface area contributed by atoms with Gasteiger partial charge in [0.05, 0.1) is 0 Å². The summed E-state index contributed by atoms with van der Waals surface area (Å²) in [5.41, 5.74) is 2.93. The molecule has 1 heterocycles. The summed E-state index contributed by atoms with van der Waals surface area (Å²) in [5.74, 6) is 0.837. The second kappa shape index (κ2) is 6.75. The summed E-state index contributed by atoms with van der Waals surface area (Å²) in [6.07, 6.45) is 2.09. The van der Waals surface area contributed by atoms with E-state index in [-0.39, 0.29) is 5.41 Å². The van der Waals surface area contributed by atoms with Gasteiger partial charge in [-0.3, -0.25) is 4.99 Å². The summed E-state index contributed by atoms with van der Waals surface area (Å²) in [5, 5.41) is 6.52. The second-order valence-electron chi connectivity index (χ2n) is 5.38. The average Bonchev–Trinajstić information content (AvgIpc) is 2.49. The predicted molar refractivity (Wildman–Crippen MR) is 83.3 cm³/mol. The van der Waals surface area contributed by atoms with Gasteiger partial charge in [-0.15, -0.1) is 0 Å². The third kappa shape index (κ3) is 3.12. The Balaban J connectivity index is 2.24. The van der Waals surface area contributed by atoms with Crippen molar-refractivity contribution in [3.05, 3.63) is 35.4 Å². The lowest BCUT2D eigenvalue weighted by Crippen LogP contribution is -2.47. The highest BCUT2D eigenvalue weighted by molar-refractivity contribution is 5.79. The van der Waals surface area contributed by atoms with E-state index >= 15 is 0 Å². The first-order valence-electron chi connectivity index (χ1n) is 7.24. The molecule has 0 atom stereocenters. The number of nitrogens with zero attached hydrogens (tertiary/aromatic N) is 1. The Kier molecular flexibility index (Phi) is 5.01. The second-order valence-corrected chi connectivity index (χ2v) is 5.38. The molecule has 0 bridgehead atoms. The van der Waals surface area contributed by atoms with E-state index in [0.29, 0.717) is 0 Å². The van der Waals surface area contributed by atoms with Gasteiger partial charge in [-0.25, -0.2) is 0 Å². The molecule has 1 aromatic rings. The molecule has 20 heavy (non-hydrogen) atoms. The van der Waals surface area contributed by atoms with Gasteiger partial charge in [0.2, 0.25) is 0 Å². The summed E-state index contributed by atoms with van der Waals surface area (Å²) in [6, 6.07) is 8.68. The van der Waals surface area contributed by atoms with Crippen LogP contribution in [-0.2, 0) is 10.2 Å². The van der Waals surface area contributed by atoms with Crippen molar-refractivity contribution in [2.24, 2.45) is 4.99 Å². The molecule has 0 spiro atoms. The van der Waals surface area contributed by atoms with E-state index in [2.05, 4.69) is 46.8 Å². The maximum Gasteiger partial charge on any atom is 0.190 e. The summed E-state index contributed by atoms with van der Waals surface area (Å²) in [4.78, 5) is 4.20. The zero-order valence-corrected chi connectivity index (χ0v) is 12.7. The zero-order valence-electron chi connectivity index (χ0n) is 12.7. The van der Waals surface area contributed by atoms with Crippen molar-refractivity contribution in [2.45, 2.75) is 25.2 Å².